The van der Waals surface area contributed by atoms with Gasteiger partial charge in [-0.15, -0.1) is 0 Å². The molecule has 1 amide bonds. The Bertz CT molecular complexity index is 510. The quantitative estimate of drug-likeness (QED) is 0.349. The van der Waals surface area contributed by atoms with Crippen LogP contribution in [0.15, 0.2) is 35.7 Å². The van der Waals surface area contributed by atoms with E-state index in [0.29, 0.717) is 18.9 Å². The van der Waals surface area contributed by atoms with E-state index in [2.05, 4.69) is 42.7 Å². The van der Waals surface area contributed by atoms with Crippen LogP contribution in [0.1, 0.15) is 71.6 Å². The van der Waals surface area contributed by atoms with E-state index in [1.54, 1.807) is 0 Å². The van der Waals surface area contributed by atoms with Gasteiger partial charge < -0.3 is 22.1 Å². The molecule has 0 aliphatic carbocycles. The Labute approximate surface area is 165 Å². The second-order valence-electron chi connectivity index (χ2n) is 7.56. The average Bonchev–Trinajstić information content (AvgIpc) is 2.65. The van der Waals surface area contributed by atoms with Crippen molar-refractivity contribution in [1.82, 2.24) is 10.6 Å². The summed E-state index contributed by atoms with van der Waals surface area (Å²) in [6, 6.07) is 0.101. The molecule has 1 rings (SSSR count). The van der Waals surface area contributed by atoms with Gasteiger partial charge in [0.2, 0.25) is 5.91 Å². The zero-order valence-corrected chi connectivity index (χ0v) is 17.3. The van der Waals surface area contributed by atoms with Gasteiger partial charge in [-0.05, 0) is 68.8 Å². The van der Waals surface area contributed by atoms with Crippen LogP contribution in [-0.2, 0) is 4.79 Å². The first-order chi connectivity index (χ1) is 13.1. The van der Waals surface area contributed by atoms with Crippen LogP contribution in [0.5, 0.6) is 0 Å². The lowest BCUT2D eigenvalue weighted by Gasteiger charge is -2.21. The zero-order valence-electron chi connectivity index (χ0n) is 17.3. The zero-order chi connectivity index (χ0) is 19.9. The third-order valence-corrected chi connectivity index (χ3v) is 4.86. The molecular weight excluding hydrogens is 336 g/mol. The van der Waals surface area contributed by atoms with Crippen LogP contribution in [0.4, 0.5) is 0 Å². The van der Waals surface area contributed by atoms with Crippen LogP contribution in [0.2, 0.25) is 0 Å². The number of dihydropyridines is 1. The minimum absolute atomic E-state index is 0.101. The van der Waals surface area contributed by atoms with E-state index in [1.807, 2.05) is 6.20 Å². The highest BCUT2D eigenvalue weighted by molar-refractivity contribution is 5.75. The molecule has 0 saturated carbocycles. The Morgan fingerprint density at radius 1 is 1.30 bits per heavy atom. The van der Waals surface area contributed by atoms with Crippen molar-refractivity contribution >= 4 is 5.91 Å². The van der Waals surface area contributed by atoms with Crippen molar-refractivity contribution in [2.24, 2.45) is 17.4 Å². The molecule has 0 saturated heterocycles. The smallest absolute Gasteiger partial charge is 0.219 e. The Morgan fingerprint density at radius 3 is 2.85 bits per heavy atom. The topological polar surface area (TPSA) is 93.2 Å². The number of carbonyl (C=O) groups excluding carboxylic acids is 1. The molecule has 2 atom stereocenters. The highest BCUT2D eigenvalue weighted by Crippen LogP contribution is 2.18. The monoisotopic (exact) mass is 376 g/mol. The van der Waals surface area contributed by atoms with Crippen molar-refractivity contribution in [3.05, 3.63) is 35.7 Å². The highest BCUT2D eigenvalue weighted by atomic mass is 16.1. The maximum Gasteiger partial charge on any atom is 0.219 e. The molecule has 0 spiro atoms. The summed E-state index contributed by atoms with van der Waals surface area (Å²) >= 11 is 0. The molecule has 0 aromatic carbocycles. The predicted molar refractivity (Wildman–Crippen MR) is 115 cm³/mol. The summed E-state index contributed by atoms with van der Waals surface area (Å²) in [6.45, 7) is 5.85. The average molecular weight is 377 g/mol. The molecular formula is C22H40N4O. The molecule has 0 fully saturated rings. The molecule has 5 nitrogen and oxygen atoms in total. The summed E-state index contributed by atoms with van der Waals surface area (Å²) in [5.74, 6) is 0.674. The van der Waals surface area contributed by atoms with Gasteiger partial charge in [-0.2, -0.15) is 0 Å². The largest absolute Gasteiger partial charge is 0.400 e. The molecule has 0 bridgehead atoms. The van der Waals surface area contributed by atoms with E-state index in [4.69, 9.17) is 11.5 Å². The number of rotatable bonds is 14. The van der Waals surface area contributed by atoms with Crippen molar-refractivity contribution in [1.29, 1.82) is 0 Å². The second kappa shape index (κ2) is 14.3. The van der Waals surface area contributed by atoms with Crippen molar-refractivity contribution in [2.45, 2.75) is 77.7 Å². The molecule has 1 aliphatic rings. The number of hydrogen-bond donors (Lipinski definition) is 4. The summed E-state index contributed by atoms with van der Waals surface area (Å²) < 4.78 is 0. The Morgan fingerprint density at radius 2 is 2.11 bits per heavy atom. The van der Waals surface area contributed by atoms with Crippen LogP contribution in [-0.4, -0.2) is 25.0 Å². The van der Waals surface area contributed by atoms with Crippen molar-refractivity contribution in [2.75, 3.05) is 13.1 Å². The van der Waals surface area contributed by atoms with Crippen LogP contribution in [0.25, 0.3) is 0 Å². The molecule has 1 aliphatic heterocycles. The van der Waals surface area contributed by atoms with Gasteiger partial charge in [0.25, 0.3) is 0 Å². The number of hydrogen-bond acceptors (Lipinski definition) is 4. The lowest BCUT2D eigenvalue weighted by molar-refractivity contribution is -0.121. The fraction of sp³-hybridized carbons (Fsp3) is 0.682. The maximum absolute atomic E-state index is 11.7. The van der Waals surface area contributed by atoms with Crippen LogP contribution >= 0.6 is 0 Å². The molecule has 0 aromatic rings. The normalized spacial score (nSPS) is 18.0. The maximum atomic E-state index is 11.7. The van der Waals surface area contributed by atoms with Gasteiger partial charge in [-0.1, -0.05) is 38.8 Å². The van der Waals surface area contributed by atoms with E-state index < -0.39 is 0 Å². The molecule has 154 valence electrons. The third-order valence-electron chi connectivity index (χ3n) is 4.86. The molecule has 1 heterocycles. The van der Waals surface area contributed by atoms with E-state index in [-0.39, 0.29) is 11.9 Å². The minimum Gasteiger partial charge on any atom is -0.400 e. The number of unbranched alkanes of at least 4 members (excludes halogenated alkanes) is 3. The first-order valence-corrected chi connectivity index (χ1v) is 10.6. The van der Waals surface area contributed by atoms with E-state index in [1.165, 1.54) is 18.4 Å². The Balaban J connectivity index is 2.25. The standard InChI is InChI=1S/C22H40N4O/c1-3-9-18(2)16-20(24)21-17-19(12-15-25-21)10-5-4-6-11-22(27)26-14-8-7-13-23/h12,15-18,21,25H,3-11,13-14,23-24H2,1-2H3,(H,26,27)/b20-16-. The van der Waals surface area contributed by atoms with E-state index >= 15 is 0 Å². The number of amides is 1. The summed E-state index contributed by atoms with van der Waals surface area (Å²) in [5, 5.41) is 6.29. The molecule has 0 radical (unpaired) electrons. The minimum atomic E-state index is 0.101. The lowest BCUT2D eigenvalue weighted by Crippen LogP contribution is -2.31. The van der Waals surface area contributed by atoms with Gasteiger partial charge in [0.05, 0.1) is 6.04 Å². The van der Waals surface area contributed by atoms with Gasteiger partial charge in [0.15, 0.2) is 0 Å². The molecule has 6 N–H and O–H groups in total. The third kappa shape index (κ3) is 10.9. The van der Waals surface area contributed by atoms with Gasteiger partial charge in [0, 0.05) is 18.7 Å². The second-order valence-corrected chi connectivity index (χ2v) is 7.56. The number of nitrogens with two attached hydrogens (primary N) is 2. The fourth-order valence-electron chi connectivity index (χ4n) is 3.28. The van der Waals surface area contributed by atoms with E-state index in [9.17, 15) is 4.79 Å². The van der Waals surface area contributed by atoms with Gasteiger partial charge in [-0.25, -0.2) is 0 Å². The van der Waals surface area contributed by atoms with Gasteiger partial charge >= 0.3 is 0 Å². The molecule has 5 heteroatoms. The highest BCUT2D eigenvalue weighted by Gasteiger charge is 2.12. The summed E-state index contributed by atoms with van der Waals surface area (Å²) in [6.07, 6.45) is 17.6. The fourth-order valence-corrected chi connectivity index (χ4v) is 3.28. The first kappa shape index (κ1) is 23.3. The predicted octanol–water partition coefficient (Wildman–Crippen LogP) is 3.48. The Kier molecular flexibility index (Phi) is 12.4. The van der Waals surface area contributed by atoms with Crippen molar-refractivity contribution < 1.29 is 4.79 Å². The first-order valence-electron chi connectivity index (χ1n) is 10.6. The SMILES string of the molecule is CCCC(C)/C=C(\N)C1C=C(CCCCCC(=O)NCCCCN)C=CN1. The number of allylic oxidation sites excluding steroid dienone is 3. The van der Waals surface area contributed by atoms with Crippen molar-refractivity contribution in [3.8, 4) is 0 Å². The summed E-state index contributed by atoms with van der Waals surface area (Å²) in [4.78, 5) is 11.7. The van der Waals surface area contributed by atoms with Gasteiger partial charge in [-0.3, -0.25) is 4.79 Å². The van der Waals surface area contributed by atoms with Gasteiger partial charge in [0.1, 0.15) is 0 Å². The van der Waals surface area contributed by atoms with E-state index in [0.717, 1.165) is 50.8 Å². The summed E-state index contributed by atoms with van der Waals surface area (Å²) in [7, 11) is 0. The lowest BCUT2D eigenvalue weighted by atomic mass is 9.98. The van der Waals surface area contributed by atoms with Crippen LogP contribution in [0, 0.1) is 5.92 Å². The molecule has 27 heavy (non-hydrogen) atoms. The number of carbonyl (C=O) groups is 1. The number of nitrogens with one attached hydrogen (secondary N) is 2. The van der Waals surface area contributed by atoms with Crippen molar-refractivity contribution in [3.63, 3.8) is 0 Å². The van der Waals surface area contributed by atoms with Crippen LogP contribution in [0.3, 0.4) is 0 Å². The Hall–Kier alpha value is -1.75. The molecule has 0 aromatic heterocycles. The molecule has 2 unspecified atom stereocenters. The van der Waals surface area contributed by atoms with Crippen LogP contribution < -0.4 is 22.1 Å². The summed E-state index contributed by atoms with van der Waals surface area (Å²) in [5.41, 5.74) is 14.0.